The summed E-state index contributed by atoms with van der Waals surface area (Å²) in [5.41, 5.74) is 0.733. The summed E-state index contributed by atoms with van der Waals surface area (Å²) in [5.74, 6) is 0.731. The standard InChI is InChI=1S/C33H44F3N3O2S/c1-24-30(25(2)42-31(24)40)41-23-32(39-20-9-5-6-10-21-39,15-11-19-38-17-7-3-4-8-18-38)28-14-16-37-29-22-26(33(34,35)36)12-13-27(28)29/h12-14,16,22,25H,3-11,15,17-21,23H2,1-2H3. The highest BCUT2D eigenvalue weighted by Crippen LogP contribution is 2.43. The third-order valence-electron chi connectivity index (χ3n) is 9.34. The summed E-state index contributed by atoms with van der Waals surface area (Å²) in [7, 11) is 0. The summed E-state index contributed by atoms with van der Waals surface area (Å²) < 4.78 is 47.7. The lowest BCUT2D eigenvalue weighted by atomic mass is 9.81. The molecule has 2 unspecified atom stereocenters. The van der Waals surface area contributed by atoms with E-state index in [2.05, 4.69) is 14.8 Å². The van der Waals surface area contributed by atoms with Gasteiger partial charge in [0.2, 0.25) is 5.12 Å². The first-order chi connectivity index (χ1) is 20.2. The van der Waals surface area contributed by atoms with Crippen LogP contribution in [-0.2, 0) is 21.2 Å². The summed E-state index contributed by atoms with van der Waals surface area (Å²) in [6, 6.07) is 5.95. The van der Waals surface area contributed by atoms with Crippen molar-refractivity contribution in [2.75, 3.05) is 39.3 Å². The first-order valence-electron chi connectivity index (χ1n) is 15.7. The van der Waals surface area contributed by atoms with Crippen LogP contribution in [0.25, 0.3) is 10.9 Å². The maximum Gasteiger partial charge on any atom is 0.416 e. The number of carbonyl (C=O) groups excluding carboxylic acids is 1. The van der Waals surface area contributed by atoms with Gasteiger partial charge in [0.25, 0.3) is 0 Å². The van der Waals surface area contributed by atoms with E-state index < -0.39 is 17.3 Å². The van der Waals surface area contributed by atoms with Gasteiger partial charge in [0.05, 0.1) is 21.9 Å². The number of pyridine rings is 1. The molecule has 230 valence electrons. The monoisotopic (exact) mass is 603 g/mol. The van der Waals surface area contributed by atoms with E-state index in [0.717, 1.165) is 75.1 Å². The number of alkyl halides is 3. The molecule has 2 aromatic rings. The quantitative estimate of drug-likeness (QED) is 0.290. The topological polar surface area (TPSA) is 45.7 Å². The second kappa shape index (κ2) is 13.7. The predicted molar refractivity (Wildman–Crippen MR) is 163 cm³/mol. The molecule has 2 saturated heterocycles. The normalized spacial score (nSPS) is 23.2. The van der Waals surface area contributed by atoms with Gasteiger partial charge in [0.1, 0.15) is 12.4 Å². The highest BCUT2D eigenvalue weighted by Gasteiger charge is 2.42. The van der Waals surface area contributed by atoms with E-state index in [-0.39, 0.29) is 10.4 Å². The lowest BCUT2D eigenvalue weighted by Crippen LogP contribution is -2.50. The molecule has 0 radical (unpaired) electrons. The molecule has 0 bridgehead atoms. The largest absolute Gasteiger partial charge is 0.494 e. The summed E-state index contributed by atoms with van der Waals surface area (Å²) in [5, 5.41) is 0.733. The van der Waals surface area contributed by atoms with Crippen LogP contribution in [0.15, 0.2) is 41.8 Å². The molecule has 0 saturated carbocycles. The minimum Gasteiger partial charge on any atom is -0.494 e. The summed E-state index contributed by atoms with van der Waals surface area (Å²) in [6.45, 7) is 9.21. The van der Waals surface area contributed by atoms with Gasteiger partial charge < -0.3 is 9.64 Å². The molecule has 1 aromatic carbocycles. The van der Waals surface area contributed by atoms with Crippen molar-refractivity contribution in [3.63, 3.8) is 0 Å². The molecule has 0 aliphatic carbocycles. The first-order valence-corrected chi connectivity index (χ1v) is 16.6. The molecular formula is C33H44F3N3O2S. The fraction of sp³-hybridized carbons (Fsp3) is 0.636. The Hall–Kier alpha value is -2.10. The molecule has 5 rings (SSSR count). The lowest BCUT2D eigenvalue weighted by Gasteiger charge is -2.45. The number of likely N-dealkylation sites (tertiary alicyclic amines) is 2. The van der Waals surface area contributed by atoms with Crippen molar-refractivity contribution in [3.8, 4) is 0 Å². The average molecular weight is 604 g/mol. The van der Waals surface area contributed by atoms with Crippen LogP contribution >= 0.6 is 11.8 Å². The van der Waals surface area contributed by atoms with Crippen LogP contribution in [0.2, 0.25) is 0 Å². The van der Waals surface area contributed by atoms with Crippen molar-refractivity contribution in [2.24, 2.45) is 0 Å². The van der Waals surface area contributed by atoms with Crippen LogP contribution in [0.1, 0.15) is 89.2 Å². The molecule has 3 aliphatic heterocycles. The van der Waals surface area contributed by atoms with Gasteiger partial charge in [-0.1, -0.05) is 43.5 Å². The molecule has 0 N–H and O–H groups in total. The van der Waals surface area contributed by atoms with Gasteiger partial charge in [-0.3, -0.25) is 14.7 Å². The molecule has 2 atom stereocenters. The Morgan fingerprint density at radius 3 is 2.26 bits per heavy atom. The number of rotatable bonds is 9. The van der Waals surface area contributed by atoms with Gasteiger partial charge in [-0.15, -0.1) is 0 Å². The van der Waals surface area contributed by atoms with E-state index in [1.54, 1.807) is 12.3 Å². The minimum atomic E-state index is -4.43. The van der Waals surface area contributed by atoms with E-state index in [0.29, 0.717) is 17.7 Å². The number of hydrogen-bond donors (Lipinski definition) is 0. The second-order valence-corrected chi connectivity index (χ2v) is 13.5. The van der Waals surface area contributed by atoms with E-state index in [1.807, 2.05) is 19.9 Å². The van der Waals surface area contributed by atoms with Crippen LogP contribution in [0.4, 0.5) is 13.2 Å². The van der Waals surface area contributed by atoms with E-state index in [4.69, 9.17) is 4.74 Å². The smallest absolute Gasteiger partial charge is 0.416 e. The number of aromatic nitrogens is 1. The highest BCUT2D eigenvalue weighted by atomic mass is 32.2. The van der Waals surface area contributed by atoms with Crippen LogP contribution in [0.5, 0.6) is 0 Å². The fourth-order valence-electron chi connectivity index (χ4n) is 7.02. The molecule has 9 heteroatoms. The third kappa shape index (κ3) is 6.99. The van der Waals surface area contributed by atoms with Crippen LogP contribution < -0.4 is 0 Å². The van der Waals surface area contributed by atoms with Gasteiger partial charge in [-0.05, 0) is 109 Å². The van der Waals surface area contributed by atoms with Gasteiger partial charge in [0.15, 0.2) is 0 Å². The number of carbonyl (C=O) groups is 1. The molecule has 5 nitrogen and oxygen atoms in total. The van der Waals surface area contributed by atoms with Crippen molar-refractivity contribution >= 4 is 27.8 Å². The Balaban J connectivity index is 1.58. The second-order valence-electron chi connectivity index (χ2n) is 12.2. The predicted octanol–water partition coefficient (Wildman–Crippen LogP) is 7.93. The SMILES string of the molecule is CC1=C(OCC(CCCN2CCCCCC2)(c2ccnc3cc(C(F)(F)F)ccc23)N2CCCCCC2)C(C)SC1=O. The zero-order valence-corrected chi connectivity index (χ0v) is 25.8. The Morgan fingerprint density at radius 2 is 1.64 bits per heavy atom. The van der Waals surface area contributed by atoms with Gasteiger partial charge in [-0.25, -0.2) is 0 Å². The van der Waals surface area contributed by atoms with Crippen LogP contribution in [-0.4, -0.2) is 64.5 Å². The summed E-state index contributed by atoms with van der Waals surface area (Å²) >= 11 is 1.29. The fourth-order valence-corrected chi connectivity index (χ4v) is 7.97. The number of nitrogens with zero attached hydrogens (tertiary/aromatic N) is 3. The van der Waals surface area contributed by atoms with Crippen molar-refractivity contribution in [2.45, 2.75) is 95.0 Å². The lowest BCUT2D eigenvalue weighted by molar-refractivity contribution is -0.137. The molecular weight excluding hydrogens is 559 g/mol. The molecule has 4 heterocycles. The number of ether oxygens (including phenoxy) is 1. The average Bonchev–Trinajstić information content (AvgIpc) is 3.28. The summed E-state index contributed by atoms with van der Waals surface area (Å²) in [4.78, 5) is 22.0. The summed E-state index contributed by atoms with van der Waals surface area (Å²) in [6.07, 6.45) is 8.49. The Bertz CT molecular complexity index is 1270. The van der Waals surface area contributed by atoms with Gasteiger partial charge >= 0.3 is 6.18 Å². The highest BCUT2D eigenvalue weighted by molar-refractivity contribution is 8.15. The molecule has 1 aromatic heterocycles. The third-order valence-corrected chi connectivity index (χ3v) is 10.4. The van der Waals surface area contributed by atoms with Gasteiger partial charge in [-0.2, -0.15) is 13.2 Å². The van der Waals surface area contributed by atoms with Crippen molar-refractivity contribution in [1.29, 1.82) is 0 Å². The molecule has 3 aliphatic rings. The maximum absolute atomic E-state index is 13.7. The minimum absolute atomic E-state index is 0.0491. The first kappa shape index (κ1) is 31.3. The molecule has 2 fully saturated rings. The van der Waals surface area contributed by atoms with E-state index in [9.17, 15) is 18.0 Å². The number of fused-ring (bicyclic) bond motifs is 1. The number of halogens is 3. The number of benzene rings is 1. The van der Waals surface area contributed by atoms with Crippen molar-refractivity contribution in [3.05, 3.63) is 52.9 Å². The van der Waals surface area contributed by atoms with E-state index >= 15 is 0 Å². The van der Waals surface area contributed by atoms with Crippen LogP contribution in [0, 0.1) is 0 Å². The van der Waals surface area contributed by atoms with Crippen molar-refractivity contribution in [1.82, 2.24) is 14.8 Å². The zero-order chi connectivity index (χ0) is 29.7. The van der Waals surface area contributed by atoms with Gasteiger partial charge in [0, 0.05) is 17.2 Å². The number of thioether (sulfide) groups is 1. The Kier molecular flexibility index (Phi) is 10.2. The van der Waals surface area contributed by atoms with Crippen LogP contribution in [0.3, 0.4) is 0 Å². The molecule has 0 spiro atoms. The van der Waals surface area contributed by atoms with E-state index in [1.165, 1.54) is 62.4 Å². The zero-order valence-electron chi connectivity index (χ0n) is 25.0. The van der Waals surface area contributed by atoms with Crippen molar-refractivity contribution < 1.29 is 22.7 Å². The number of hydrogen-bond acceptors (Lipinski definition) is 6. The Morgan fingerprint density at radius 1 is 0.976 bits per heavy atom. The Labute approximate surface area is 252 Å². The molecule has 0 amide bonds. The molecule has 42 heavy (non-hydrogen) atoms. The maximum atomic E-state index is 13.7.